The summed E-state index contributed by atoms with van der Waals surface area (Å²) < 4.78 is 31.4. The predicted molar refractivity (Wildman–Crippen MR) is 89.1 cm³/mol. The van der Waals surface area contributed by atoms with Gasteiger partial charge in [0.05, 0.1) is 6.04 Å². The number of anilines is 1. The van der Waals surface area contributed by atoms with Gasteiger partial charge in [0.25, 0.3) is 11.8 Å². The van der Waals surface area contributed by atoms with Crippen molar-refractivity contribution in [3.05, 3.63) is 11.1 Å². The number of hydrogen-bond acceptors (Lipinski definition) is 9. The Balaban J connectivity index is 2.19. The summed E-state index contributed by atoms with van der Waals surface area (Å²) in [5.41, 5.74) is 5.50. The average Bonchev–Trinajstić information content (AvgIpc) is 2.89. The van der Waals surface area contributed by atoms with Gasteiger partial charge >= 0.3 is 10.3 Å². The van der Waals surface area contributed by atoms with Crippen LogP contribution >= 0.6 is 11.3 Å². The van der Waals surface area contributed by atoms with Crippen molar-refractivity contribution in [3.8, 4) is 0 Å². The maximum absolute atomic E-state index is 12.4. The summed E-state index contributed by atoms with van der Waals surface area (Å²) in [7, 11) is -4.67. The number of aromatic nitrogens is 1. The molecule has 0 saturated carbocycles. The first kappa shape index (κ1) is 19.1. The normalized spacial score (nSPS) is 21.2. The van der Waals surface area contributed by atoms with E-state index in [4.69, 9.17) is 15.1 Å². The van der Waals surface area contributed by atoms with Gasteiger partial charge in [0.2, 0.25) is 0 Å². The molecule has 0 aromatic carbocycles. The lowest BCUT2D eigenvalue weighted by atomic mass is 10.0. The Morgan fingerprint density at radius 2 is 2.20 bits per heavy atom. The van der Waals surface area contributed by atoms with Crippen LogP contribution < -0.4 is 11.1 Å². The molecule has 11 nitrogen and oxygen atoms in total. The molecule has 0 radical (unpaired) electrons. The first-order valence-corrected chi connectivity index (χ1v) is 9.36. The van der Waals surface area contributed by atoms with Crippen molar-refractivity contribution in [1.82, 2.24) is 14.6 Å². The lowest BCUT2D eigenvalue weighted by Crippen LogP contribution is -2.71. The van der Waals surface area contributed by atoms with Crippen LogP contribution in [0, 0.1) is 0 Å². The topological polar surface area (TPSA) is 164 Å². The standard InChI is InChI=1S/C12H17N5O6S2/c1-5(2)23-16-9(7-4-24-12(13)14-7)10(18)15-8-6(3)17(11(8)19)25(20,21)22/h4-6,8H,1-3H3,(H2,13,14)(H,15,18)(H,20,21,22)/b16-9-/t6-,8-/m0/s1. The lowest BCUT2D eigenvalue weighted by Gasteiger charge is -2.42. The second kappa shape index (κ2) is 6.93. The number of rotatable bonds is 6. The third-order valence-electron chi connectivity index (χ3n) is 3.21. The minimum Gasteiger partial charge on any atom is -0.392 e. The van der Waals surface area contributed by atoms with Crippen LogP contribution in [-0.2, 0) is 24.7 Å². The van der Waals surface area contributed by atoms with Gasteiger partial charge in [0, 0.05) is 5.38 Å². The van der Waals surface area contributed by atoms with E-state index in [1.807, 2.05) is 0 Å². The Morgan fingerprint density at radius 1 is 1.56 bits per heavy atom. The van der Waals surface area contributed by atoms with Gasteiger partial charge in [0.1, 0.15) is 17.8 Å². The van der Waals surface area contributed by atoms with Crippen LogP contribution in [0.3, 0.4) is 0 Å². The van der Waals surface area contributed by atoms with Crippen molar-refractivity contribution in [1.29, 1.82) is 0 Å². The molecule has 138 valence electrons. The van der Waals surface area contributed by atoms with E-state index in [1.165, 1.54) is 12.3 Å². The number of oxime groups is 1. The number of nitrogens with zero attached hydrogens (tertiary/aromatic N) is 3. The zero-order valence-corrected chi connectivity index (χ0v) is 15.2. The van der Waals surface area contributed by atoms with Gasteiger partial charge in [-0.05, 0) is 20.8 Å². The molecular formula is C12H17N5O6S2. The largest absolute Gasteiger partial charge is 0.392 e. The smallest absolute Gasteiger partial charge is 0.362 e. The van der Waals surface area contributed by atoms with Gasteiger partial charge in [-0.25, -0.2) is 9.29 Å². The summed E-state index contributed by atoms with van der Waals surface area (Å²) in [6.45, 7) is 4.77. The highest BCUT2D eigenvalue weighted by molar-refractivity contribution is 7.84. The van der Waals surface area contributed by atoms with E-state index < -0.39 is 34.2 Å². The Kier molecular flexibility index (Phi) is 5.29. The molecule has 13 heteroatoms. The SMILES string of the molecule is CC(C)O/N=C(\C(=O)N[C@@H]1C(=O)N(S(=O)(=O)O)[C@H]1C)c1csc(N)n1. The summed E-state index contributed by atoms with van der Waals surface area (Å²) in [6, 6.07) is -2.08. The number of carbonyl (C=O) groups is 2. The van der Waals surface area contributed by atoms with Gasteiger partial charge < -0.3 is 15.9 Å². The molecule has 1 aromatic rings. The van der Waals surface area contributed by atoms with Gasteiger partial charge in [-0.2, -0.15) is 8.42 Å². The Morgan fingerprint density at radius 3 is 2.64 bits per heavy atom. The van der Waals surface area contributed by atoms with E-state index >= 15 is 0 Å². The van der Waals surface area contributed by atoms with Crippen molar-refractivity contribution >= 4 is 44.3 Å². The molecule has 1 aliphatic rings. The van der Waals surface area contributed by atoms with Crippen molar-refractivity contribution in [2.75, 3.05) is 5.73 Å². The third-order valence-corrected chi connectivity index (χ3v) is 4.89. The zero-order chi connectivity index (χ0) is 18.9. The van der Waals surface area contributed by atoms with Gasteiger partial charge in [-0.1, -0.05) is 5.16 Å². The molecule has 2 heterocycles. The van der Waals surface area contributed by atoms with Crippen LogP contribution in [0.25, 0.3) is 0 Å². The third kappa shape index (κ3) is 4.05. The summed E-state index contributed by atoms with van der Waals surface area (Å²) in [6.07, 6.45) is -0.307. The minimum atomic E-state index is -4.67. The van der Waals surface area contributed by atoms with Crippen molar-refractivity contribution in [3.63, 3.8) is 0 Å². The Hall–Kier alpha value is -2.25. The van der Waals surface area contributed by atoms with Crippen LogP contribution in [-0.4, -0.2) is 58.0 Å². The maximum atomic E-state index is 12.4. The number of hydrogen-bond donors (Lipinski definition) is 3. The van der Waals surface area contributed by atoms with E-state index in [0.29, 0.717) is 0 Å². The van der Waals surface area contributed by atoms with Crippen LogP contribution in [0.2, 0.25) is 0 Å². The fraction of sp³-hybridized carbons (Fsp3) is 0.500. The molecule has 1 aromatic heterocycles. The van der Waals surface area contributed by atoms with E-state index in [9.17, 15) is 18.0 Å². The highest BCUT2D eigenvalue weighted by Gasteiger charge is 2.51. The summed E-state index contributed by atoms with van der Waals surface area (Å²) in [5.74, 6) is -1.74. The Bertz CT molecular complexity index is 818. The minimum absolute atomic E-state index is 0.159. The van der Waals surface area contributed by atoms with E-state index in [2.05, 4.69) is 15.5 Å². The monoisotopic (exact) mass is 391 g/mol. The molecule has 1 fully saturated rings. The highest BCUT2D eigenvalue weighted by atomic mass is 32.2. The molecule has 25 heavy (non-hydrogen) atoms. The van der Waals surface area contributed by atoms with Crippen LogP contribution in [0.15, 0.2) is 10.5 Å². The quantitative estimate of drug-likeness (QED) is 0.250. The first-order chi connectivity index (χ1) is 11.5. The second-order valence-electron chi connectivity index (χ2n) is 5.47. The Labute approximate surface area is 147 Å². The van der Waals surface area contributed by atoms with Crippen molar-refractivity contribution in [2.45, 2.75) is 39.0 Å². The van der Waals surface area contributed by atoms with Crippen molar-refractivity contribution in [2.24, 2.45) is 5.16 Å². The second-order valence-corrected chi connectivity index (χ2v) is 7.65. The molecule has 2 atom stereocenters. The number of β-lactam (4-membered cyclic amide) rings is 1. The molecule has 1 saturated heterocycles. The van der Waals surface area contributed by atoms with Gasteiger partial charge in [-0.3, -0.25) is 14.1 Å². The maximum Gasteiger partial charge on any atom is 0.362 e. The average molecular weight is 391 g/mol. The van der Waals surface area contributed by atoms with Gasteiger partial charge in [0.15, 0.2) is 10.8 Å². The van der Waals surface area contributed by atoms with E-state index in [-0.39, 0.29) is 26.9 Å². The van der Waals surface area contributed by atoms with Gasteiger partial charge in [-0.15, -0.1) is 11.3 Å². The summed E-state index contributed by atoms with van der Waals surface area (Å²) in [5, 5.41) is 7.80. The number of carbonyl (C=O) groups excluding carboxylic acids is 2. The molecule has 1 aliphatic heterocycles. The fourth-order valence-corrected chi connectivity index (χ4v) is 3.50. The summed E-state index contributed by atoms with van der Waals surface area (Å²) >= 11 is 1.09. The van der Waals surface area contributed by atoms with Crippen LogP contribution in [0.4, 0.5) is 5.13 Å². The molecular weight excluding hydrogens is 374 g/mol. The van der Waals surface area contributed by atoms with E-state index in [0.717, 1.165) is 11.3 Å². The molecule has 2 rings (SSSR count). The predicted octanol–water partition coefficient (Wildman–Crippen LogP) is -0.627. The summed E-state index contributed by atoms with van der Waals surface area (Å²) in [4.78, 5) is 33.3. The zero-order valence-electron chi connectivity index (χ0n) is 13.5. The molecule has 2 amide bonds. The number of nitrogens with one attached hydrogen (secondary N) is 1. The lowest BCUT2D eigenvalue weighted by molar-refractivity contribution is -0.143. The fourth-order valence-electron chi connectivity index (χ4n) is 2.07. The molecule has 0 bridgehead atoms. The number of nitrogens with two attached hydrogens (primary N) is 1. The highest BCUT2D eigenvalue weighted by Crippen LogP contribution is 2.23. The molecule has 0 spiro atoms. The van der Waals surface area contributed by atoms with E-state index in [1.54, 1.807) is 13.8 Å². The molecule has 4 N–H and O–H groups in total. The molecule has 0 aliphatic carbocycles. The van der Waals surface area contributed by atoms with Crippen molar-refractivity contribution < 1.29 is 27.4 Å². The number of nitrogen functional groups attached to an aromatic ring is 1. The first-order valence-electron chi connectivity index (χ1n) is 7.09. The van der Waals surface area contributed by atoms with Crippen LogP contribution in [0.5, 0.6) is 0 Å². The number of thiazole rings is 1. The number of amides is 2. The van der Waals surface area contributed by atoms with Crippen LogP contribution in [0.1, 0.15) is 26.5 Å². The molecule has 0 unspecified atom stereocenters.